The Kier molecular flexibility index (Phi) is 12.0. The molecule has 0 saturated carbocycles. The first kappa shape index (κ1) is 36.6. The molecule has 2 aromatic rings. The molecule has 0 amide bonds. The molecule has 3 saturated heterocycles. The summed E-state index contributed by atoms with van der Waals surface area (Å²) in [5.41, 5.74) is 0.687. The van der Waals surface area contributed by atoms with Crippen LogP contribution < -0.4 is 0 Å². The largest absolute Gasteiger partial charge is 0.394 e. The van der Waals surface area contributed by atoms with Crippen LogP contribution in [0.1, 0.15) is 11.4 Å². The molecule has 266 valence electrons. The summed E-state index contributed by atoms with van der Waals surface area (Å²) in [5.74, 6) is -2.64. The molecule has 3 aliphatic rings. The van der Waals surface area contributed by atoms with Crippen LogP contribution in [0, 0.1) is 0 Å². The van der Waals surface area contributed by atoms with Crippen molar-refractivity contribution in [2.24, 2.45) is 0 Å². The highest BCUT2D eigenvalue weighted by Gasteiger charge is 2.58. The molecule has 0 aromatic carbocycles. The maximum absolute atomic E-state index is 10.8. The van der Waals surface area contributed by atoms with Gasteiger partial charge in [-0.2, -0.15) is 0 Å². The van der Waals surface area contributed by atoms with E-state index >= 15 is 0 Å². The first-order chi connectivity index (χ1) is 22.4. The number of aromatic nitrogens is 6. The van der Waals surface area contributed by atoms with Gasteiger partial charge in [-0.15, -0.1) is 33.4 Å². The minimum atomic E-state index is -2.10. The van der Waals surface area contributed by atoms with Gasteiger partial charge in [0.25, 0.3) is 0 Å². The monoisotopic (exact) mass is 716 g/mol. The molecule has 8 N–H and O–H groups in total. The Balaban J connectivity index is 1.18. The van der Waals surface area contributed by atoms with Crippen molar-refractivity contribution in [1.29, 1.82) is 0 Å². The van der Waals surface area contributed by atoms with E-state index in [1.54, 1.807) is 6.20 Å². The lowest BCUT2D eigenvalue weighted by molar-refractivity contribution is -0.358. The van der Waals surface area contributed by atoms with Crippen LogP contribution in [-0.4, -0.2) is 175 Å². The number of nitrogens with zero attached hydrogens (tertiary/aromatic N) is 6. The zero-order valence-electron chi connectivity index (χ0n) is 24.9. The highest BCUT2D eigenvalue weighted by atomic mass is 35.5. The molecule has 14 atom stereocenters. The zero-order valence-corrected chi connectivity index (χ0v) is 26.4. The number of rotatable bonds is 13. The fraction of sp³-hybridized carbons (Fsp3) is 0.840. The Hall–Kier alpha value is -1.70. The summed E-state index contributed by atoms with van der Waals surface area (Å²) >= 11 is 12.1. The maximum Gasteiger partial charge on any atom is 0.214 e. The van der Waals surface area contributed by atoms with E-state index in [1.807, 2.05) is 0 Å². The average molecular weight is 718 g/mol. The second-order valence-corrected chi connectivity index (χ2v) is 12.2. The number of hydrogen-bond acceptors (Lipinski definition) is 18. The van der Waals surface area contributed by atoms with E-state index in [1.165, 1.54) is 22.7 Å². The SMILES string of the molecule is COCn1cc(C[C@H]2O[C@H](OCc3cn(C[C@H]4O[C@@](CCl)(O[C@H]5O[C@H](CO)[C@H](Cl)[C@H](O)[C@H]5O)[C@@H](O)[C@@H]4O)nn3)[C@@H](O)[C@@H](O)[C@@H]2O)nn1. The van der Waals surface area contributed by atoms with E-state index in [2.05, 4.69) is 20.6 Å². The normalized spacial score (nSPS) is 41.0. The Bertz CT molecular complexity index is 1300. The number of ether oxygens (including phenoxy) is 6. The molecular weight excluding hydrogens is 679 g/mol. The predicted octanol–water partition coefficient (Wildman–Crippen LogP) is -4.84. The van der Waals surface area contributed by atoms with Crippen molar-refractivity contribution in [2.75, 3.05) is 19.6 Å². The van der Waals surface area contributed by atoms with Crippen LogP contribution in [-0.2, 0) is 54.7 Å². The number of aliphatic hydroxyl groups excluding tert-OH is 8. The molecule has 0 bridgehead atoms. The van der Waals surface area contributed by atoms with Crippen LogP contribution in [0.2, 0.25) is 0 Å². The molecule has 3 fully saturated rings. The van der Waals surface area contributed by atoms with Crippen molar-refractivity contribution >= 4 is 23.2 Å². The van der Waals surface area contributed by atoms with Gasteiger partial charge < -0.3 is 69.3 Å². The van der Waals surface area contributed by atoms with Gasteiger partial charge in [0.05, 0.1) is 55.2 Å². The number of aliphatic hydroxyl groups is 8. The van der Waals surface area contributed by atoms with Crippen LogP contribution in [0.15, 0.2) is 12.4 Å². The van der Waals surface area contributed by atoms with E-state index in [0.29, 0.717) is 5.69 Å². The van der Waals surface area contributed by atoms with Gasteiger partial charge in [0, 0.05) is 13.5 Å². The summed E-state index contributed by atoms with van der Waals surface area (Å²) in [6, 6.07) is 0. The summed E-state index contributed by atoms with van der Waals surface area (Å²) in [5, 5.41) is 97.8. The van der Waals surface area contributed by atoms with Gasteiger partial charge in [0.15, 0.2) is 12.6 Å². The molecular formula is C25H38Cl2N6O14. The molecule has 0 radical (unpaired) electrons. The zero-order chi connectivity index (χ0) is 34.0. The van der Waals surface area contributed by atoms with Gasteiger partial charge in [0.2, 0.25) is 5.79 Å². The van der Waals surface area contributed by atoms with Gasteiger partial charge >= 0.3 is 0 Å². The molecule has 20 nitrogen and oxygen atoms in total. The Labute approximate surface area is 276 Å². The van der Waals surface area contributed by atoms with Gasteiger partial charge in [-0.05, 0) is 0 Å². The van der Waals surface area contributed by atoms with E-state index in [9.17, 15) is 40.9 Å². The topological polar surface area (TPSA) is 279 Å². The first-order valence-electron chi connectivity index (χ1n) is 14.5. The highest BCUT2D eigenvalue weighted by Crippen LogP contribution is 2.38. The van der Waals surface area contributed by atoms with Gasteiger partial charge in [0.1, 0.15) is 67.4 Å². The lowest BCUT2D eigenvalue weighted by atomic mass is 9.96. The molecule has 2 aromatic heterocycles. The highest BCUT2D eigenvalue weighted by molar-refractivity contribution is 6.21. The van der Waals surface area contributed by atoms with Crippen LogP contribution in [0.4, 0.5) is 0 Å². The Morgan fingerprint density at radius 2 is 1.49 bits per heavy atom. The number of alkyl halides is 2. The standard InChI is InChI=1S/C25H38Cl2N6O14/c1-42-9-33-3-10(28-31-33)2-12-16(35)19(38)21(40)23(44-12)43-7-11-4-32(30-29-11)5-13-17(36)22(41)25(8-26,46-13)47-24-20(39)18(37)15(27)14(6-34)45-24/h3-4,12-24,34-41H,2,5-9H2,1H3/t12-,13-,14-,15+,16-,17-,18+,19+,20-,21+,22+,23+,24-,25+/m1/s1. The first-order valence-corrected chi connectivity index (χ1v) is 15.5. The van der Waals surface area contributed by atoms with E-state index in [-0.39, 0.29) is 32.0 Å². The third-order valence-corrected chi connectivity index (χ3v) is 8.99. The fourth-order valence-corrected chi connectivity index (χ4v) is 6.05. The summed E-state index contributed by atoms with van der Waals surface area (Å²) in [7, 11) is 1.49. The van der Waals surface area contributed by atoms with Crippen molar-refractivity contribution < 1.29 is 69.3 Å². The number of hydrogen-bond donors (Lipinski definition) is 8. The third-order valence-electron chi connectivity index (χ3n) is 8.08. The predicted molar refractivity (Wildman–Crippen MR) is 151 cm³/mol. The quantitative estimate of drug-likeness (QED) is 0.0902. The van der Waals surface area contributed by atoms with Gasteiger partial charge in [-0.3, -0.25) is 0 Å². The minimum Gasteiger partial charge on any atom is -0.394 e. The second kappa shape index (κ2) is 15.5. The molecule has 47 heavy (non-hydrogen) atoms. The summed E-state index contributed by atoms with van der Waals surface area (Å²) in [6.07, 6.45) is -14.4. The molecule has 3 aliphatic heterocycles. The second-order valence-electron chi connectivity index (χ2n) is 11.4. The van der Waals surface area contributed by atoms with Crippen LogP contribution in [0.5, 0.6) is 0 Å². The molecule has 0 spiro atoms. The molecule has 0 unspecified atom stereocenters. The van der Waals surface area contributed by atoms with Crippen LogP contribution >= 0.6 is 23.2 Å². The Morgan fingerprint density at radius 3 is 2.19 bits per heavy atom. The molecule has 22 heteroatoms. The van der Waals surface area contributed by atoms with Gasteiger partial charge in [-0.25, -0.2) is 9.36 Å². The maximum atomic E-state index is 10.8. The van der Waals surface area contributed by atoms with Crippen LogP contribution in [0.25, 0.3) is 0 Å². The summed E-state index contributed by atoms with van der Waals surface area (Å²) in [4.78, 5) is 0. The molecule has 0 aliphatic carbocycles. The molecule has 5 rings (SSSR count). The Morgan fingerprint density at radius 1 is 0.830 bits per heavy atom. The minimum absolute atomic E-state index is 0.0510. The fourth-order valence-electron chi connectivity index (χ4n) is 5.48. The van der Waals surface area contributed by atoms with E-state index < -0.39 is 97.3 Å². The van der Waals surface area contributed by atoms with E-state index in [0.717, 1.165) is 0 Å². The molecule has 5 heterocycles. The van der Waals surface area contributed by atoms with Crippen molar-refractivity contribution in [1.82, 2.24) is 30.0 Å². The van der Waals surface area contributed by atoms with Crippen molar-refractivity contribution in [3.8, 4) is 0 Å². The number of methoxy groups -OCH3 is 1. The summed E-state index contributed by atoms with van der Waals surface area (Å²) in [6.45, 7) is -0.868. The third kappa shape index (κ3) is 7.72. The van der Waals surface area contributed by atoms with Crippen molar-refractivity contribution in [3.63, 3.8) is 0 Å². The summed E-state index contributed by atoms with van der Waals surface area (Å²) < 4.78 is 36.0. The lowest BCUT2D eigenvalue weighted by Gasteiger charge is -2.43. The average Bonchev–Trinajstić information content (AvgIpc) is 3.77. The van der Waals surface area contributed by atoms with Crippen molar-refractivity contribution in [3.05, 3.63) is 23.8 Å². The van der Waals surface area contributed by atoms with E-state index in [4.69, 9.17) is 51.6 Å². The lowest BCUT2D eigenvalue weighted by Crippen LogP contribution is -2.61. The smallest absolute Gasteiger partial charge is 0.214 e. The number of halogens is 2. The van der Waals surface area contributed by atoms with Gasteiger partial charge in [-0.1, -0.05) is 10.4 Å². The van der Waals surface area contributed by atoms with Crippen LogP contribution in [0.3, 0.4) is 0 Å². The van der Waals surface area contributed by atoms with Crippen molar-refractivity contribution in [2.45, 2.75) is 111 Å².